The Hall–Kier alpha value is -1.35. The summed E-state index contributed by atoms with van der Waals surface area (Å²) >= 11 is 1.80. The second-order valence-electron chi connectivity index (χ2n) is 4.26. The van der Waals surface area contributed by atoms with E-state index in [0.29, 0.717) is 5.56 Å². The molecule has 1 aromatic heterocycles. The van der Waals surface area contributed by atoms with Crippen LogP contribution >= 0.6 is 11.3 Å². The first kappa shape index (κ1) is 12.1. The van der Waals surface area contributed by atoms with Gasteiger partial charge in [-0.05, 0) is 50.1 Å². The zero-order valence-electron chi connectivity index (χ0n) is 10.3. The van der Waals surface area contributed by atoms with Gasteiger partial charge in [0.2, 0.25) is 0 Å². The Balaban J connectivity index is 2.07. The Kier molecular flexibility index (Phi) is 3.48. The molecular weight excluding hydrogens is 233 g/mol. The van der Waals surface area contributed by atoms with Gasteiger partial charge >= 0.3 is 0 Å². The topological polar surface area (TPSA) is 12.0 Å². The van der Waals surface area contributed by atoms with Gasteiger partial charge in [0.25, 0.3) is 0 Å². The maximum Gasteiger partial charge on any atom is 0.128 e. The van der Waals surface area contributed by atoms with Gasteiger partial charge in [-0.25, -0.2) is 4.39 Å². The van der Waals surface area contributed by atoms with E-state index in [1.54, 1.807) is 30.4 Å². The number of nitrogens with one attached hydrogen (secondary N) is 1. The summed E-state index contributed by atoms with van der Waals surface area (Å²) in [4.78, 5) is 2.64. The molecule has 0 saturated heterocycles. The van der Waals surface area contributed by atoms with Gasteiger partial charge in [0.05, 0.1) is 0 Å². The first-order valence-electron chi connectivity index (χ1n) is 5.62. The smallest absolute Gasteiger partial charge is 0.128 e. The third kappa shape index (κ3) is 2.86. The van der Waals surface area contributed by atoms with Crippen molar-refractivity contribution in [3.8, 4) is 0 Å². The highest BCUT2D eigenvalue weighted by atomic mass is 32.1. The third-order valence-corrected chi connectivity index (χ3v) is 3.81. The third-order valence-electron chi connectivity index (χ3n) is 2.80. The molecule has 90 valence electrons. The zero-order chi connectivity index (χ0) is 12.4. The van der Waals surface area contributed by atoms with Crippen LogP contribution in [0.1, 0.15) is 20.9 Å². The lowest BCUT2D eigenvalue weighted by Gasteiger charge is -2.07. The summed E-state index contributed by atoms with van der Waals surface area (Å²) in [6, 6.07) is 7.43. The zero-order valence-corrected chi connectivity index (χ0v) is 11.1. The summed E-state index contributed by atoms with van der Waals surface area (Å²) in [6.45, 7) is 6.74. The van der Waals surface area contributed by atoms with Gasteiger partial charge in [-0.2, -0.15) is 0 Å². The van der Waals surface area contributed by atoms with E-state index < -0.39 is 0 Å². The van der Waals surface area contributed by atoms with Crippen LogP contribution in [0.15, 0.2) is 24.3 Å². The van der Waals surface area contributed by atoms with Crippen molar-refractivity contribution in [1.82, 2.24) is 0 Å². The normalized spacial score (nSPS) is 10.6. The molecule has 1 nitrogen and oxygen atoms in total. The first-order chi connectivity index (χ1) is 8.06. The van der Waals surface area contributed by atoms with Gasteiger partial charge in [0, 0.05) is 22.0 Å². The van der Waals surface area contributed by atoms with E-state index in [2.05, 4.69) is 25.2 Å². The molecule has 0 saturated carbocycles. The van der Waals surface area contributed by atoms with Crippen LogP contribution in [0.3, 0.4) is 0 Å². The quantitative estimate of drug-likeness (QED) is 0.848. The van der Waals surface area contributed by atoms with Crippen molar-refractivity contribution in [3.05, 3.63) is 51.0 Å². The summed E-state index contributed by atoms with van der Waals surface area (Å²) in [7, 11) is 0. The Morgan fingerprint density at radius 2 is 1.94 bits per heavy atom. The molecule has 1 heterocycles. The summed E-state index contributed by atoms with van der Waals surface area (Å²) < 4.78 is 13.4. The average molecular weight is 249 g/mol. The molecule has 2 aromatic rings. The fourth-order valence-corrected chi connectivity index (χ4v) is 2.71. The molecular formula is C14H16FNS. The minimum atomic E-state index is -0.159. The van der Waals surface area contributed by atoms with Crippen LogP contribution in [0, 0.1) is 26.6 Å². The molecule has 1 aromatic carbocycles. The molecule has 0 atom stereocenters. The molecule has 0 fully saturated rings. The van der Waals surface area contributed by atoms with Crippen molar-refractivity contribution in [1.29, 1.82) is 0 Å². The molecule has 0 radical (unpaired) electrons. The molecule has 0 aliphatic heterocycles. The maximum atomic E-state index is 13.4. The van der Waals surface area contributed by atoms with Crippen molar-refractivity contribution in [2.45, 2.75) is 27.3 Å². The summed E-state index contributed by atoms with van der Waals surface area (Å²) in [5, 5.41) is 3.25. The fraction of sp³-hybridized carbons (Fsp3) is 0.286. The largest absolute Gasteiger partial charge is 0.381 e. The van der Waals surface area contributed by atoms with E-state index >= 15 is 0 Å². The summed E-state index contributed by atoms with van der Waals surface area (Å²) in [5.41, 5.74) is 2.79. The number of halogens is 1. The number of aryl methyl sites for hydroxylation is 3. The molecule has 0 aliphatic rings. The van der Waals surface area contributed by atoms with Crippen LogP contribution in [0.5, 0.6) is 0 Å². The van der Waals surface area contributed by atoms with Gasteiger partial charge in [-0.15, -0.1) is 11.3 Å². The Bertz CT molecular complexity index is 531. The molecule has 17 heavy (non-hydrogen) atoms. The highest BCUT2D eigenvalue weighted by Crippen LogP contribution is 2.22. The maximum absolute atomic E-state index is 13.4. The van der Waals surface area contributed by atoms with Gasteiger partial charge < -0.3 is 5.32 Å². The lowest BCUT2D eigenvalue weighted by molar-refractivity contribution is 0.619. The van der Waals surface area contributed by atoms with E-state index in [1.165, 1.54) is 15.3 Å². The number of thiophene rings is 1. The highest BCUT2D eigenvalue weighted by molar-refractivity contribution is 7.12. The van der Waals surface area contributed by atoms with Crippen molar-refractivity contribution >= 4 is 17.0 Å². The first-order valence-corrected chi connectivity index (χ1v) is 6.44. The van der Waals surface area contributed by atoms with E-state index in [-0.39, 0.29) is 5.82 Å². The average Bonchev–Trinajstić information content (AvgIpc) is 2.59. The molecule has 0 unspecified atom stereocenters. The van der Waals surface area contributed by atoms with Crippen LogP contribution in [0.2, 0.25) is 0 Å². The monoisotopic (exact) mass is 249 g/mol. The predicted octanol–water partition coefficient (Wildman–Crippen LogP) is 4.42. The fourth-order valence-electron chi connectivity index (χ4n) is 1.76. The van der Waals surface area contributed by atoms with Gasteiger partial charge in [-0.1, -0.05) is 6.07 Å². The number of benzene rings is 1. The SMILES string of the molecule is Cc1cc(CNc2ccc(C)c(F)c2)c(C)s1. The van der Waals surface area contributed by atoms with Crippen LogP contribution in [-0.2, 0) is 6.54 Å². The van der Waals surface area contributed by atoms with E-state index in [9.17, 15) is 4.39 Å². The lowest BCUT2D eigenvalue weighted by atomic mass is 10.2. The number of hydrogen-bond acceptors (Lipinski definition) is 2. The highest BCUT2D eigenvalue weighted by Gasteiger charge is 2.03. The number of hydrogen-bond donors (Lipinski definition) is 1. The van der Waals surface area contributed by atoms with Crippen LogP contribution in [-0.4, -0.2) is 0 Å². The minimum Gasteiger partial charge on any atom is -0.381 e. The van der Waals surface area contributed by atoms with Crippen LogP contribution < -0.4 is 5.32 Å². The number of anilines is 1. The summed E-state index contributed by atoms with van der Waals surface area (Å²) in [5.74, 6) is -0.159. The van der Waals surface area contributed by atoms with E-state index in [1.807, 2.05) is 6.07 Å². The standard InChI is InChI=1S/C14H16FNS/c1-9-4-5-13(7-14(9)15)16-8-12-6-10(2)17-11(12)3/h4-7,16H,8H2,1-3H3. The summed E-state index contributed by atoms with van der Waals surface area (Å²) in [6.07, 6.45) is 0. The molecule has 0 spiro atoms. The van der Waals surface area contributed by atoms with Gasteiger partial charge in [0.15, 0.2) is 0 Å². The Morgan fingerprint density at radius 1 is 1.18 bits per heavy atom. The minimum absolute atomic E-state index is 0.159. The molecule has 1 N–H and O–H groups in total. The second-order valence-corrected chi connectivity index (χ2v) is 5.72. The lowest BCUT2D eigenvalue weighted by Crippen LogP contribution is -2.00. The second kappa shape index (κ2) is 4.88. The van der Waals surface area contributed by atoms with Crippen LogP contribution in [0.4, 0.5) is 10.1 Å². The molecule has 0 bridgehead atoms. The van der Waals surface area contributed by atoms with Gasteiger partial charge in [-0.3, -0.25) is 0 Å². The van der Waals surface area contributed by atoms with E-state index in [4.69, 9.17) is 0 Å². The van der Waals surface area contributed by atoms with E-state index in [0.717, 1.165) is 12.2 Å². The van der Waals surface area contributed by atoms with Crippen molar-refractivity contribution in [2.75, 3.05) is 5.32 Å². The van der Waals surface area contributed by atoms with Crippen LogP contribution in [0.25, 0.3) is 0 Å². The Labute approximate surface area is 105 Å². The predicted molar refractivity (Wildman–Crippen MR) is 72.3 cm³/mol. The van der Waals surface area contributed by atoms with Gasteiger partial charge in [0.1, 0.15) is 5.82 Å². The van der Waals surface area contributed by atoms with Crippen molar-refractivity contribution in [3.63, 3.8) is 0 Å². The van der Waals surface area contributed by atoms with Crippen molar-refractivity contribution < 1.29 is 4.39 Å². The van der Waals surface area contributed by atoms with Crippen molar-refractivity contribution in [2.24, 2.45) is 0 Å². The molecule has 0 amide bonds. The Morgan fingerprint density at radius 3 is 2.53 bits per heavy atom. The molecule has 2 rings (SSSR count). The molecule has 0 aliphatic carbocycles. The number of rotatable bonds is 3. The molecule has 3 heteroatoms.